The summed E-state index contributed by atoms with van der Waals surface area (Å²) in [4.78, 5) is 0. The van der Waals surface area contributed by atoms with Gasteiger partial charge in [-0.2, -0.15) is 0 Å². The number of fused-ring (bicyclic) bond motifs is 5. The Hall–Kier alpha value is -7.36. The normalized spacial score (nSPS) is 19.6. The molecule has 574 valence electrons. The van der Waals surface area contributed by atoms with Gasteiger partial charge < -0.3 is 38.6 Å². The first-order chi connectivity index (χ1) is 51.3. The van der Waals surface area contributed by atoms with Crippen molar-refractivity contribution in [2.45, 2.75) is 279 Å². The molecule has 0 heterocycles. The third-order valence-corrected chi connectivity index (χ3v) is 23.9. The summed E-state index contributed by atoms with van der Waals surface area (Å²) in [6.45, 7) is 31.9. The summed E-state index contributed by atoms with van der Waals surface area (Å²) in [6.07, 6.45) is 22.2. The van der Waals surface area contributed by atoms with Crippen molar-refractivity contribution in [3.05, 3.63) is 257 Å². The SMILES string of the molecule is CCC(C)c1ccc(O)cc1.CCC(C)c1ccc(OC(CC2CCCCC2)OC(C)C)cc1.CCC(C)c1cccc(O)c1.CCC(C)c1cccc(OC(CC(C)(c2ccccc2)c2ccccc2)OCc2ccccc2)c1.CCOC(CC1CC2CC1C1CCCC21)Oc1ccc(C(C)CC)cc1. The monoisotopic (exact) mass is 1440 g/mol. The zero-order chi connectivity index (χ0) is 75.8. The zero-order valence-corrected chi connectivity index (χ0v) is 67.4. The minimum atomic E-state index is -0.423. The van der Waals surface area contributed by atoms with E-state index < -0.39 is 6.29 Å². The highest BCUT2D eigenvalue weighted by Gasteiger charge is 2.54. The van der Waals surface area contributed by atoms with Gasteiger partial charge in [0, 0.05) is 31.3 Å². The maximum atomic E-state index is 9.16. The molecule has 13 atom stereocenters. The lowest BCUT2D eigenvalue weighted by atomic mass is 9.73. The van der Waals surface area contributed by atoms with Crippen LogP contribution < -0.4 is 14.2 Å². The van der Waals surface area contributed by atoms with Crippen LogP contribution in [0.15, 0.2) is 212 Å². The molecule has 13 unspecified atom stereocenters. The summed E-state index contributed by atoms with van der Waals surface area (Å²) >= 11 is 0. The molecule has 0 saturated heterocycles. The van der Waals surface area contributed by atoms with Gasteiger partial charge >= 0.3 is 0 Å². The van der Waals surface area contributed by atoms with E-state index in [9.17, 15) is 0 Å². The fraction of sp³-hybridized carbons (Fsp3) is 0.510. The number of aromatic hydroxyl groups is 2. The van der Waals surface area contributed by atoms with Crippen molar-refractivity contribution < 1.29 is 38.6 Å². The molecule has 0 amide bonds. The largest absolute Gasteiger partial charge is 0.508 e. The molecule has 12 rings (SSSR count). The third-order valence-electron chi connectivity index (χ3n) is 23.9. The molecular weight excluding hydrogens is 1310 g/mol. The van der Waals surface area contributed by atoms with Crippen molar-refractivity contribution in [2.75, 3.05) is 6.61 Å². The zero-order valence-electron chi connectivity index (χ0n) is 67.4. The molecule has 0 aliphatic heterocycles. The lowest BCUT2D eigenvalue weighted by Crippen LogP contribution is -2.34. The molecule has 4 aliphatic rings. The predicted octanol–water partition coefficient (Wildman–Crippen LogP) is 27.0. The van der Waals surface area contributed by atoms with Gasteiger partial charge in [0.2, 0.25) is 6.29 Å². The maximum Gasteiger partial charge on any atom is 0.201 e. The van der Waals surface area contributed by atoms with Crippen LogP contribution in [0.25, 0.3) is 0 Å². The average molecular weight is 1440 g/mol. The van der Waals surface area contributed by atoms with E-state index in [0.29, 0.717) is 54.1 Å². The minimum Gasteiger partial charge on any atom is -0.508 e. The topological polar surface area (TPSA) is 95.8 Å². The van der Waals surface area contributed by atoms with Crippen molar-refractivity contribution in [3.63, 3.8) is 0 Å². The van der Waals surface area contributed by atoms with Crippen molar-refractivity contribution in [1.29, 1.82) is 0 Å². The Labute approximate surface area is 641 Å². The Balaban J connectivity index is 0.000000178. The Morgan fingerprint density at radius 1 is 0.387 bits per heavy atom. The van der Waals surface area contributed by atoms with Crippen molar-refractivity contribution in [2.24, 2.45) is 35.5 Å². The first kappa shape index (κ1) is 84.3. The van der Waals surface area contributed by atoms with E-state index >= 15 is 0 Å². The summed E-state index contributed by atoms with van der Waals surface area (Å²) in [5.41, 5.74) is 9.93. The average Bonchev–Trinajstić information content (AvgIpc) is 1.44. The van der Waals surface area contributed by atoms with Crippen LogP contribution in [0.2, 0.25) is 0 Å². The van der Waals surface area contributed by atoms with E-state index in [1.165, 1.54) is 116 Å². The molecule has 8 aromatic rings. The van der Waals surface area contributed by atoms with Crippen LogP contribution in [0.3, 0.4) is 0 Å². The Bertz CT molecular complexity index is 3610. The van der Waals surface area contributed by atoms with E-state index in [2.05, 4.69) is 236 Å². The number of rotatable bonds is 31. The van der Waals surface area contributed by atoms with E-state index in [1.54, 1.807) is 18.2 Å². The Kier molecular flexibility index (Phi) is 35.1. The van der Waals surface area contributed by atoms with Crippen molar-refractivity contribution >= 4 is 0 Å². The van der Waals surface area contributed by atoms with Gasteiger partial charge in [-0.3, -0.25) is 0 Å². The smallest absolute Gasteiger partial charge is 0.201 e. The predicted molar refractivity (Wildman–Crippen MR) is 442 cm³/mol. The summed E-state index contributed by atoms with van der Waals surface area (Å²) in [7, 11) is 0. The number of ether oxygens (including phenoxy) is 6. The van der Waals surface area contributed by atoms with Gasteiger partial charge in [-0.15, -0.1) is 0 Å². The standard InChI is InChI=1S/C33H36O2.C24H36O2.C21H34O2.2C10H14O/c1-4-26(2)28-17-14-22-31(23-28)35-32(34-25-27-15-8-5-9-16-27)24-33(3,29-18-10-6-11-19-29)30-20-12-7-13-21-30;1-4-16(3)17-9-11-20(12-10-17)26-24(25-5-2)15-19-13-18-14-23(19)22-8-6-7-21(18)22;1-5-17(4)19-11-13-20(14-12-19)23-21(22-16(2)3)15-18-9-7-6-8-10-18;1-3-8(2)9-4-6-10(11)7-5-9;1-3-8(2)9-5-4-6-10(11)7-9/h5-23,26,32H,4,24-25H2,1-3H3;9-12,16,18-19,21-24H,4-8,13-15H2,1-3H3;11-14,16-18,21H,5-10,15H2,1-4H3;2*4-8,11H,3H2,1-2H3. The second kappa shape index (κ2) is 44.2. The number of benzene rings is 8. The molecule has 8 nitrogen and oxygen atoms in total. The van der Waals surface area contributed by atoms with Gasteiger partial charge in [-0.1, -0.05) is 266 Å². The lowest BCUT2D eigenvalue weighted by Gasteiger charge is -2.34. The number of phenolic OH excluding ortho intramolecular Hbond substituents is 2. The van der Waals surface area contributed by atoms with Crippen LogP contribution in [0.4, 0.5) is 0 Å². The van der Waals surface area contributed by atoms with Gasteiger partial charge in [0.1, 0.15) is 28.7 Å². The van der Waals surface area contributed by atoms with Crippen LogP contribution in [-0.4, -0.2) is 41.8 Å². The maximum absolute atomic E-state index is 9.16. The van der Waals surface area contributed by atoms with Gasteiger partial charge in [0.15, 0.2) is 12.6 Å². The van der Waals surface area contributed by atoms with Gasteiger partial charge in [0.05, 0.1) is 12.7 Å². The number of hydrogen-bond acceptors (Lipinski definition) is 8. The molecular formula is C98H134O8. The highest BCUT2D eigenvalue weighted by Crippen LogP contribution is 2.62. The Morgan fingerprint density at radius 2 is 0.858 bits per heavy atom. The van der Waals surface area contributed by atoms with Crippen molar-refractivity contribution in [1.82, 2.24) is 0 Å². The Morgan fingerprint density at radius 3 is 1.37 bits per heavy atom. The van der Waals surface area contributed by atoms with E-state index in [-0.39, 0.29) is 24.1 Å². The van der Waals surface area contributed by atoms with E-state index in [4.69, 9.17) is 38.6 Å². The molecule has 0 aromatic heterocycles. The second-order valence-corrected chi connectivity index (χ2v) is 31.7. The van der Waals surface area contributed by atoms with Crippen LogP contribution >= 0.6 is 0 Å². The molecule has 2 N–H and O–H groups in total. The van der Waals surface area contributed by atoms with Crippen LogP contribution in [0, 0.1) is 35.5 Å². The lowest BCUT2D eigenvalue weighted by molar-refractivity contribution is -0.120. The molecule has 2 bridgehead atoms. The van der Waals surface area contributed by atoms with E-state index in [1.807, 2.05) is 54.6 Å². The van der Waals surface area contributed by atoms with Crippen LogP contribution in [0.1, 0.15) is 287 Å². The van der Waals surface area contributed by atoms with Crippen LogP contribution in [-0.2, 0) is 26.2 Å². The number of phenols is 2. The summed E-state index contributed by atoms with van der Waals surface area (Å²) in [5.74, 6) is 11.9. The fourth-order valence-corrected chi connectivity index (χ4v) is 16.4. The van der Waals surface area contributed by atoms with Crippen LogP contribution in [0.5, 0.6) is 28.7 Å². The highest BCUT2D eigenvalue weighted by molar-refractivity contribution is 5.39. The molecule has 4 saturated carbocycles. The van der Waals surface area contributed by atoms with Crippen molar-refractivity contribution in [3.8, 4) is 28.7 Å². The molecule has 4 aliphatic carbocycles. The van der Waals surface area contributed by atoms with Gasteiger partial charge in [-0.25, -0.2) is 0 Å². The molecule has 8 aromatic carbocycles. The quantitative estimate of drug-likeness (QED) is 0.0415. The van der Waals surface area contributed by atoms with Gasteiger partial charge in [-0.05, 0) is 249 Å². The molecule has 0 spiro atoms. The molecule has 4 fully saturated rings. The molecule has 0 radical (unpaired) electrons. The molecule has 106 heavy (non-hydrogen) atoms. The van der Waals surface area contributed by atoms with E-state index in [0.717, 1.165) is 97.0 Å². The highest BCUT2D eigenvalue weighted by atomic mass is 16.7. The number of hydrogen-bond donors (Lipinski definition) is 2. The second-order valence-electron chi connectivity index (χ2n) is 31.7. The van der Waals surface area contributed by atoms with Gasteiger partial charge in [0.25, 0.3) is 0 Å². The summed E-state index contributed by atoms with van der Waals surface area (Å²) in [5, 5.41) is 18.2. The third kappa shape index (κ3) is 26.2. The first-order valence-corrected chi connectivity index (χ1v) is 41.2. The fourth-order valence-electron chi connectivity index (χ4n) is 16.4. The molecule has 8 heteroatoms. The summed E-state index contributed by atoms with van der Waals surface area (Å²) < 4.78 is 37.6. The minimum absolute atomic E-state index is 0.0846. The summed E-state index contributed by atoms with van der Waals surface area (Å²) in [6, 6.07) is 72.2. The first-order valence-electron chi connectivity index (χ1n) is 41.2.